The normalized spacial score (nSPS) is 17.8. The molecule has 8 nitrogen and oxygen atoms in total. The number of aliphatic imine (C=N–C) groups is 2. The van der Waals surface area contributed by atoms with Crippen LogP contribution in [0, 0.1) is 0 Å². The van der Waals surface area contributed by atoms with Crippen molar-refractivity contribution in [3.05, 3.63) is 59.7 Å². The summed E-state index contributed by atoms with van der Waals surface area (Å²) < 4.78 is 10.8. The lowest BCUT2D eigenvalue weighted by Gasteiger charge is -2.23. The molecule has 2 aromatic heterocycles. The molecule has 0 radical (unpaired) electrons. The summed E-state index contributed by atoms with van der Waals surface area (Å²) in [5.41, 5.74) is 0.679. The molecule has 0 saturated carbocycles. The van der Waals surface area contributed by atoms with Crippen LogP contribution in [0.2, 0.25) is 0 Å². The minimum Gasteiger partial charge on any atom is -0.465 e. The van der Waals surface area contributed by atoms with Gasteiger partial charge in [0.1, 0.15) is 22.9 Å². The summed E-state index contributed by atoms with van der Waals surface area (Å²) in [7, 11) is 0. The van der Waals surface area contributed by atoms with Crippen LogP contribution < -0.4 is 0 Å². The molecule has 0 aliphatic carbocycles. The van der Waals surface area contributed by atoms with E-state index >= 15 is 0 Å². The van der Waals surface area contributed by atoms with E-state index in [0.717, 1.165) is 50.0 Å². The van der Waals surface area contributed by atoms with Gasteiger partial charge in [0.25, 0.3) is 11.8 Å². The molecule has 0 spiro atoms. The van der Waals surface area contributed by atoms with Gasteiger partial charge in [0.05, 0.1) is 12.5 Å². The van der Waals surface area contributed by atoms with Crippen LogP contribution >= 0.6 is 23.5 Å². The molecule has 10 heteroatoms. The number of thioether (sulfide) groups is 2. The maximum Gasteiger partial charge on any atom is 0.278 e. The molecule has 2 aliphatic heterocycles. The van der Waals surface area contributed by atoms with Gasteiger partial charge in [-0.3, -0.25) is 19.4 Å². The van der Waals surface area contributed by atoms with Crippen molar-refractivity contribution < 1.29 is 18.4 Å². The molecule has 2 amide bonds. The predicted molar refractivity (Wildman–Crippen MR) is 156 cm³/mol. The lowest BCUT2D eigenvalue weighted by atomic mass is 10.3. The fourth-order valence-electron chi connectivity index (χ4n) is 3.92. The highest BCUT2D eigenvalue weighted by atomic mass is 32.2. The van der Waals surface area contributed by atoms with Crippen LogP contribution in [-0.2, 0) is 9.59 Å². The van der Waals surface area contributed by atoms with Crippen molar-refractivity contribution in [2.24, 2.45) is 9.98 Å². The van der Waals surface area contributed by atoms with E-state index in [2.05, 4.69) is 23.8 Å². The van der Waals surface area contributed by atoms with Gasteiger partial charge in [-0.25, -0.2) is 9.98 Å². The predicted octanol–water partition coefficient (Wildman–Crippen LogP) is 6.50. The second kappa shape index (κ2) is 14.2. The van der Waals surface area contributed by atoms with Crippen LogP contribution in [0.4, 0.5) is 0 Å². The molecule has 202 valence electrons. The monoisotopic (exact) mass is 554 g/mol. The van der Waals surface area contributed by atoms with Gasteiger partial charge in [-0.15, -0.1) is 0 Å². The van der Waals surface area contributed by atoms with Gasteiger partial charge in [0, 0.05) is 36.7 Å². The Morgan fingerprint density at radius 3 is 1.55 bits per heavy atom. The summed E-state index contributed by atoms with van der Waals surface area (Å²) in [6.07, 6.45) is 13.1. The van der Waals surface area contributed by atoms with Crippen LogP contribution in [0.5, 0.6) is 0 Å². The zero-order valence-electron chi connectivity index (χ0n) is 21.9. The topological polar surface area (TPSA) is 91.6 Å². The maximum atomic E-state index is 13.3. The average molecular weight is 555 g/mol. The number of nitrogens with zero attached hydrogens (tertiary/aromatic N) is 4. The second-order valence-electron chi connectivity index (χ2n) is 8.90. The Bertz CT molecular complexity index is 1110. The highest BCUT2D eigenvalue weighted by molar-refractivity contribution is 8.14. The number of hydrogen-bond acceptors (Lipinski definition) is 8. The van der Waals surface area contributed by atoms with Crippen LogP contribution in [0.25, 0.3) is 12.2 Å². The Labute approximate surface area is 232 Å². The van der Waals surface area contributed by atoms with Crippen molar-refractivity contribution in [2.75, 3.05) is 24.6 Å². The van der Waals surface area contributed by atoms with Crippen molar-refractivity contribution in [3.63, 3.8) is 0 Å². The summed E-state index contributed by atoms with van der Waals surface area (Å²) in [6.45, 7) is 4.97. The van der Waals surface area contributed by atoms with E-state index in [4.69, 9.17) is 8.83 Å². The maximum absolute atomic E-state index is 13.3. The molecule has 0 fully saturated rings. The van der Waals surface area contributed by atoms with Gasteiger partial charge in [0.2, 0.25) is 0 Å². The summed E-state index contributed by atoms with van der Waals surface area (Å²) in [5.74, 6) is 2.54. The molecular weight excluding hydrogens is 520 g/mol. The minimum absolute atomic E-state index is 0.188. The first-order valence-corrected chi connectivity index (χ1v) is 15.1. The summed E-state index contributed by atoms with van der Waals surface area (Å²) in [5, 5.41) is 1.33. The van der Waals surface area contributed by atoms with E-state index in [1.807, 2.05) is 0 Å². The number of furan rings is 2. The Morgan fingerprint density at radius 1 is 0.737 bits per heavy atom. The van der Waals surface area contributed by atoms with Crippen molar-refractivity contribution in [2.45, 2.75) is 52.4 Å². The Balaban J connectivity index is 1.49. The van der Waals surface area contributed by atoms with Crippen molar-refractivity contribution >= 4 is 57.8 Å². The molecule has 0 unspecified atom stereocenters. The molecule has 4 rings (SSSR count). The van der Waals surface area contributed by atoms with E-state index in [9.17, 15) is 9.59 Å². The van der Waals surface area contributed by atoms with Gasteiger partial charge in [-0.2, -0.15) is 0 Å². The van der Waals surface area contributed by atoms with Crippen LogP contribution in [-0.4, -0.2) is 56.5 Å². The van der Waals surface area contributed by atoms with Crippen molar-refractivity contribution in [3.8, 4) is 0 Å². The fraction of sp³-hybridized carbons (Fsp3) is 0.429. The molecular formula is C28H34N4O4S2. The number of unbranched alkanes of at least 4 members (excludes halogenated alkanes) is 4. The fourth-order valence-corrected chi connectivity index (χ4v) is 5.97. The molecule has 38 heavy (non-hydrogen) atoms. The Kier molecular flexibility index (Phi) is 10.5. The van der Waals surface area contributed by atoms with Gasteiger partial charge >= 0.3 is 0 Å². The zero-order chi connectivity index (χ0) is 26.7. The molecule has 2 aliphatic rings. The second-order valence-corrected chi connectivity index (χ2v) is 11.0. The Hall–Kier alpha value is -2.98. The van der Waals surface area contributed by atoms with Gasteiger partial charge in [0.15, 0.2) is 10.3 Å². The SMILES string of the molecule is CCCCCSC1=N/C(=C\c2ccco2)C(=O)N1CCN1C(=O)/C(=C/c2ccco2)N=C1SCCCCC. The van der Waals surface area contributed by atoms with Crippen LogP contribution in [0.3, 0.4) is 0 Å². The summed E-state index contributed by atoms with van der Waals surface area (Å²) in [6, 6.07) is 7.14. The minimum atomic E-state index is -0.188. The average Bonchev–Trinajstić information content (AvgIpc) is 3.71. The first-order chi connectivity index (χ1) is 18.6. The number of rotatable bonds is 13. The van der Waals surface area contributed by atoms with E-state index in [-0.39, 0.29) is 11.8 Å². The number of hydrogen-bond donors (Lipinski definition) is 0. The number of carbonyl (C=O) groups is 2. The molecule has 2 aromatic rings. The zero-order valence-corrected chi connectivity index (χ0v) is 23.6. The summed E-state index contributed by atoms with van der Waals surface area (Å²) in [4.78, 5) is 39.3. The van der Waals surface area contributed by atoms with Crippen LogP contribution in [0.15, 0.2) is 67.0 Å². The first kappa shape index (κ1) is 28.0. The smallest absolute Gasteiger partial charge is 0.278 e. The van der Waals surface area contributed by atoms with Crippen molar-refractivity contribution in [1.29, 1.82) is 0 Å². The lowest BCUT2D eigenvalue weighted by molar-refractivity contribution is -0.125. The van der Waals surface area contributed by atoms with Crippen molar-refractivity contribution in [1.82, 2.24) is 9.80 Å². The highest BCUT2D eigenvalue weighted by Gasteiger charge is 2.35. The quantitative estimate of drug-likeness (QED) is 0.207. The highest BCUT2D eigenvalue weighted by Crippen LogP contribution is 2.28. The standard InChI is InChI=1S/C28H34N4O4S2/c1-3-5-7-17-37-27-29-23(19-21-11-9-15-35-21)25(33)31(27)13-14-32-26(34)24(20-22-12-10-16-36-22)30-28(32)38-18-8-6-4-2/h9-12,15-16,19-20H,3-8,13-14,17-18H2,1-2H3/b23-19-,24-20-. The molecule has 4 heterocycles. The van der Waals surface area contributed by atoms with Gasteiger partial charge < -0.3 is 8.83 Å². The number of amidine groups is 2. The number of carbonyl (C=O) groups excluding carboxylic acids is 2. The third-order valence-corrected chi connectivity index (χ3v) is 8.10. The van der Waals surface area contributed by atoms with Gasteiger partial charge in [-0.05, 0) is 37.1 Å². The third kappa shape index (κ3) is 7.32. The summed E-state index contributed by atoms with van der Waals surface area (Å²) >= 11 is 3.16. The number of amides is 2. The van der Waals surface area contributed by atoms with E-state index in [1.54, 1.807) is 82.3 Å². The lowest BCUT2D eigenvalue weighted by Crippen LogP contribution is -2.41. The van der Waals surface area contributed by atoms with Gasteiger partial charge in [-0.1, -0.05) is 63.1 Å². The van der Waals surface area contributed by atoms with Crippen LogP contribution in [0.1, 0.15) is 63.9 Å². The van der Waals surface area contributed by atoms with E-state index in [1.165, 1.54) is 0 Å². The third-order valence-electron chi connectivity index (χ3n) is 5.97. The molecule has 0 bridgehead atoms. The first-order valence-electron chi connectivity index (χ1n) is 13.2. The molecule has 0 aromatic carbocycles. The molecule has 0 saturated heterocycles. The Morgan fingerprint density at radius 2 is 1.18 bits per heavy atom. The largest absolute Gasteiger partial charge is 0.465 e. The van der Waals surface area contributed by atoms with E-state index in [0.29, 0.717) is 46.3 Å². The molecule has 0 atom stereocenters. The molecule has 0 N–H and O–H groups in total. The van der Waals surface area contributed by atoms with E-state index < -0.39 is 0 Å².